The Morgan fingerprint density at radius 1 is 1.38 bits per heavy atom. The molecule has 0 radical (unpaired) electrons. The van der Waals surface area contributed by atoms with Gasteiger partial charge in [-0.15, -0.1) is 11.3 Å². The monoisotopic (exact) mass is 238 g/mol. The van der Waals surface area contributed by atoms with E-state index in [0.717, 1.165) is 29.3 Å². The van der Waals surface area contributed by atoms with Gasteiger partial charge in [0.05, 0.1) is 5.69 Å². The Kier molecular flexibility index (Phi) is 3.25. The predicted molar refractivity (Wildman–Crippen MR) is 66.8 cm³/mol. The number of hydrogen-bond donors (Lipinski definition) is 1. The van der Waals surface area contributed by atoms with Crippen molar-refractivity contribution in [3.63, 3.8) is 0 Å². The van der Waals surface area contributed by atoms with Gasteiger partial charge >= 0.3 is 0 Å². The van der Waals surface area contributed by atoms with Crippen LogP contribution in [0.3, 0.4) is 0 Å². The van der Waals surface area contributed by atoms with Crippen LogP contribution in [-0.4, -0.2) is 20.6 Å². The number of rotatable bonds is 4. The van der Waals surface area contributed by atoms with Gasteiger partial charge in [-0.25, -0.2) is 9.50 Å². The third-order valence-electron chi connectivity index (χ3n) is 2.32. The third-order valence-corrected chi connectivity index (χ3v) is 3.18. The van der Waals surface area contributed by atoms with Crippen molar-refractivity contribution >= 4 is 16.3 Å². The molecular weight excluding hydrogens is 220 g/mol. The van der Waals surface area contributed by atoms with Crippen LogP contribution >= 0.6 is 11.3 Å². The number of nitrogens with zero attached hydrogens (tertiary/aromatic N) is 3. The standard InChI is InChI=1S/C11H18N4S/c1-7(2)4-10-13-11-15(14-10)9(6-16-11)5-8(3)12/h6-8H,4-5,12H2,1-3H3. The minimum Gasteiger partial charge on any atom is -0.328 e. The van der Waals surface area contributed by atoms with Gasteiger partial charge in [0.15, 0.2) is 5.82 Å². The topological polar surface area (TPSA) is 56.2 Å². The molecule has 0 spiro atoms. The highest BCUT2D eigenvalue weighted by atomic mass is 32.1. The minimum atomic E-state index is 0.163. The maximum atomic E-state index is 5.81. The number of nitrogens with two attached hydrogens (primary N) is 1. The molecule has 0 aliphatic rings. The second kappa shape index (κ2) is 4.51. The fourth-order valence-corrected chi connectivity index (χ4v) is 2.54. The SMILES string of the molecule is CC(C)Cc1nc2scc(CC(C)N)n2n1. The minimum absolute atomic E-state index is 0.163. The van der Waals surface area contributed by atoms with Crippen molar-refractivity contribution in [3.05, 3.63) is 16.9 Å². The van der Waals surface area contributed by atoms with Crippen LogP contribution in [0.15, 0.2) is 5.38 Å². The van der Waals surface area contributed by atoms with Gasteiger partial charge in [0.2, 0.25) is 4.96 Å². The van der Waals surface area contributed by atoms with E-state index in [0.29, 0.717) is 5.92 Å². The van der Waals surface area contributed by atoms with E-state index < -0.39 is 0 Å². The molecule has 0 aliphatic carbocycles. The Morgan fingerprint density at radius 2 is 2.12 bits per heavy atom. The van der Waals surface area contributed by atoms with Crippen LogP contribution in [0.5, 0.6) is 0 Å². The lowest BCUT2D eigenvalue weighted by Gasteiger charge is -2.02. The molecule has 0 amide bonds. The molecule has 1 unspecified atom stereocenters. The second-order valence-corrected chi connectivity index (χ2v) is 5.57. The van der Waals surface area contributed by atoms with Crippen LogP contribution in [0.2, 0.25) is 0 Å². The molecule has 88 valence electrons. The molecule has 1 atom stereocenters. The zero-order valence-corrected chi connectivity index (χ0v) is 10.8. The predicted octanol–water partition coefficient (Wildman–Crippen LogP) is 1.88. The van der Waals surface area contributed by atoms with E-state index in [2.05, 4.69) is 29.3 Å². The van der Waals surface area contributed by atoms with E-state index in [1.807, 2.05) is 11.4 Å². The van der Waals surface area contributed by atoms with Crippen LogP contribution in [0.4, 0.5) is 0 Å². The smallest absolute Gasteiger partial charge is 0.212 e. The van der Waals surface area contributed by atoms with Crippen LogP contribution in [0, 0.1) is 5.92 Å². The zero-order chi connectivity index (χ0) is 11.7. The molecule has 0 saturated heterocycles. The van der Waals surface area contributed by atoms with Crippen molar-refractivity contribution in [2.24, 2.45) is 11.7 Å². The van der Waals surface area contributed by atoms with Gasteiger partial charge in [0.25, 0.3) is 0 Å². The highest BCUT2D eigenvalue weighted by molar-refractivity contribution is 7.15. The normalized spacial score (nSPS) is 13.8. The Labute approximate surface area is 99.5 Å². The summed E-state index contributed by atoms with van der Waals surface area (Å²) in [4.78, 5) is 5.49. The molecule has 0 bridgehead atoms. The lowest BCUT2D eigenvalue weighted by atomic mass is 10.1. The van der Waals surface area contributed by atoms with Crippen LogP contribution < -0.4 is 5.73 Å². The number of thiazole rings is 1. The van der Waals surface area contributed by atoms with Gasteiger partial charge in [-0.3, -0.25) is 0 Å². The number of fused-ring (bicyclic) bond motifs is 1. The molecule has 2 heterocycles. The van der Waals surface area contributed by atoms with Gasteiger partial charge < -0.3 is 5.73 Å². The van der Waals surface area contributed by atoms with Crippen molar-refractivity contribution in [3.8, 4) is 0 Å². The molecule has 16 heavy (non-hydrogen) atoms. The first-order chi connectivity index (χ1) is 7.56. The first kappa shape index (κ1) is 11.5. The molecule has 0 aliphatic heterocycles. The summed E-state index contributed by atoms with van der Waals surface area (Å²) in [6.07, 6.45) is 1.79. The van der Waals surface area contributed by atoms with E-state index in [1.165, 1.54) is 0 Å². The lowest BCUT2D eigenvalue weighted by Crippen LogP contribution is -2.18. The second-order valence-electron chi connectivity index (χ2n) is 4.73. The summed E-state index contributed by atoms with van der Waals surface area (Å²) in [5, 5.41) is 6.62. The highest BCUT2D eigenvalue weighted by Crippen LogP contribution is 2.16. The number of hydrogen-bond acceptors (Lipinski definition) is 4. The third kappa shape index (κ3) is 2.41. The molecule has 0 fully saturated rings. The van der Waals surface area contributed by atoms with Gasteiger partial charge in [-0.2, -0.15) is 5.10 Å². The number of aromatic nitrogens is 3. The van der Waals surface area contributed by atoms with Crippen LogP contribution in [0.1, 0.15) is 32.3 Å². The first-order valence-electron chi connectivity index (χ1n) is 5.64. The molecule has 2 aromatic rings. The largest absolute Gasteiger partial charge is 0.328 e. The Morgan fingerprint density at radius 3 is 2.75 bits per heavy atom. The van der Waals surface area contributed by atoms with Crippen molar-refractivity contribution in [1.82, 2.24) is 14.6 Å². The van der Waals surface area contributed by atoms with E-state index in [4.69, 9.17) is 5.73 Å². The average molecular weight is 238 g/mol. The summed E-state index contributed by atoms with van der Waals surface area (Å²) in [6.45, 7) is 6.37. The molecule has 0 saturated carbocycles. The van der Waals surface area contributed by atoms with Crippen molar-refractivity contribution in [2.75, 3.05) is 0 Å². The molecule has 5 heteroatoms. The molecule has 2 N–H and O–H groups in total. The van der Waals surface area contributed by atoms with Gasteiger partial charge in [0, 0.05) is 24.3 Å². The average Bonchev–Trinajstić information content (AvgIpc) is 2.66. The highest BCUT2D eigenvalue weighted by Gasteiger charge is 2.11. The fraction of sp³-hybridized carbons (Fsp3) is 0.636. The molecule has 2 rings (SSSR count). The summed E-state index contributed by atoms with van der Waals surface area (Å²) in [5.41, 5.74) is 6.97. The Hall–Kier alpha value is -0.940. The van der Waals surface area contributed by atoms with E-state index in [-0.39, 0.29) is 6.04 Å². The van der Waals surface area contributed by atoms with Gasteiger partial charge in [-0.05, 0) is 12.8 Å². The lowest BCUT2D eigenvalue weighted by molar-refractivity contribution is 0.616. The molecular formula is C11H18N4S. The van der Waals surface area contributed by atoms with Crippen molar-refractivity contribution < 1.29 is 0 Å². The Bertz CT molecular complexity index is 469. The summed E-state index contributed by atoms with van der Waals surface area (Å²) in [7, 11) is 0. The first-order valence-corrected chi connectivity index (χ1v) is 6.52. The quantitative estimate of drug-likeness (QED) is 0.884. The fourth-order valence-electron chi connectivity index (χ4n) is 1.69. The summed E-state index contributed by atoms with van der Waals surface area (Å²) in [6, 6.07) is 0.163. The molecule has 2 aromatic heterocycles. The Balaban J connectivity index is 2.28. The zero-order valence-electron chi connectivity index (χ0n) is 9.97. The maximum absolute atomic E-state index is 5.81. The van der Waals surface area contributed by atoms with Crippen molar-refractivity contribution in [1.29, 1.82) is 0 Å². The van der Waals surface area contributed by atoms with E-state index in [1.54, 1.807) is 11.3 Å². The van der Waals surface area contributed by atoms with Gasteiger partial charge in [0.1, 0.15) is 0 Å². The van der Waals surface area contributed by atoms with E-state index >= 15 is 0 Å². The summed E-state index contributed by atoms with van der Waals surface area (Å²) in [5.74, 6) is 1.53. The van der Waals surface area contributed by atoms with E-state index in [9.17, 15) is 0 Å². The van der Waals surface area contributed by atoms with Crippen LogP contribution in [0.25, 0.3) is 4.96 Å². The van der Waals surface area contributed by atoms with Crippen LogP contribution in [-0.2, 0) is 12.8 Å². The molecule has 0 aromatic carbocycles. The summed E-state index contributed by atoms with van der Waals surface area (Å²) < 4.78 is 1.94. The molecule has 4 nitrogen and oxygen atoms in total. The van der Waals surface area contributed by atoms with Crippen molar-refractivity contribution in [2.45, 2.75) is 39.7 Å². The summed E-state index contributed by atoms with van der Waals surface area (Å²) >= 11 is 1.64. The van der Waals surface area contributed by atoms with Gasteiger partial charge in [-0.1, -0.05) is 13.8 Å². The maximum Gasteiger partial charge on any atom is 0.212 e.